The molecular formula is C22H24N2O4. The molecule has 2 aromatic rings. The summed E-state index contributed by atoms with van der Waals surface area (Å²) < 4.78 is 5.25. The van der Waals surface area contributed by atoms with Gasteiger partial charge in [-0.3, -0.25) is 19.3 Å². The van der Waals surface area contributed by atoms with Gasteiger partial charge in [-0.05, 0) is 43.2 Å². The van der Waals surface area contributed by atoms with E-state index in [2.05, 4.69) is 0 Å². The quantitative estimate of drug-likeness (QED) is 0.596. The van der Waals surface area contributed by atoms with Crippen molar-refractivity contribution in [3.05, 3.63) is 59.0 Å². The van der Waals surface area contributed by atoms with E-state index in [1.165, 1.54) is 19.1 Å². The molecule has 0 radical (unpaired) electrons. The Morgan fingerprint density at radius 2 is 1.79 bits per heavy atom. The summed E-state index contributed by atoms with van der Waals surface area (Å²) in [6.07, 6.45) is 8.26. The standard InChI is InChI=1S/C22H24N2O4/c1-23(16-7-4-2-3-5-8-16)20(25)15-10-11-18-19(13-15)22(27)24(21(18)26)14-17-9-6-12-28-17/h6,9-13,16H,2-5,7-8,14H2,1H3. The number of carbonyl (C=O) groups is 3. The van der Waals surface area contributed by atoms with Crippen LogP contribution in [0.2, 0.25) is 0 Å². The summed E-state index contributed by atoms with van der Waals surface area (Å²) >= 11 is 0. The Bertz CT molecular complexity index is 895. The molecule has 4 rings (SSSR count). The van der Waals surface area contributed by atoms with Crippen molar-refractivity contribution >= 4 is 17.7 Å². The van der Waals surface area contributed by atoms with Crippen molar-refractivity contribution in [2.45, 2.75) is 51.1 Å². The van der Waals surface area contributed by atoms with Crippen molar-refractivity contribution in [1.29, 1.82) is 0 Å². The van der Waals surface area contributed by atoms with Crippen LogP contribution < -0.4 is 0 Å². The van der Waals surface area contributed by atoms with E-state index >= 15 is 0 Å². The first-order valence-electron chi connectivity index (χ1n) is 9.86. The van der Waals surface area contributed by atoms with Gasteiger partial charge in [0, 0.05) is 18.7 Å². The van der Waals surface area contributed by atoms with Crippen molar-refractivity contribution in [2.24, 2.45) is 0 Å². The van der Waals surface area contributed by atoms with Crippen molar-refractivity contribution in [3.8, 4) is 0 Å². The Labute approximate surface area is 164 Å². The first-order valence-corrected chi connectivity index (χ1v) is 9.86. The number of hydrogen-bond donors (Lipinski definition) is 0. The molecule has 0 spiro atoms. The van der Waals surface area contributed by atoms with E-state index < -0.39 is 0 Å². The molecule has 1 aromatic heterocycles. The second-order valence-corrected chi connectivity index (χ2v) is 7.60. The predicted octanol–water partition coefficient (Wildman–Crippen LogP) is 3.87. The van der Waals surface area contributed by atoms with E-state index in [1.807, 2.05) is 7.05 Å². The van der Waals surface area contributed by atoms with Crippen LogP contribution in [0, 0.1) is 0 Å². The van der Waals surface area contributed by atoms with Crippen LogP contribution in [0.15, 0.2) is 41.0 Å². The molecule has 1 aliphatic heterocycles. The smallest absolute Gasteiger partial charge is 0.261 e. The van der Waals surface area contributed by atoms with Crippen LogP contribution in [0.25, 0.3) is 0 Å². The van der Waals surface area contributed by atoms with Crippen LogP contribution in [0.1, 0.15) is 75.4 Å². The number of imide groups is 1. The van der Waals surface area contributed by atoms with Crippen LogP contribution >= 0.6 is 0 Å². The van der Waals surface area contributed by atoms with E-state index in [9.17, 15) is 14.4 Å². The highest BCUT2D eigenvalue weighted by atomic mass is 16.3. The molecule has 0 bridgehead atoms. The molecule has 1 aromatic carbocycles. The first-order chi connectivity index (χ1) is 13.6. The lowest BCUT2D eigenvalue weighted by atomic mass is 10.0. The van der Waals surface area contributed by atoms with Gasteiger partial charge >= 0.3 is 0 Å². The van der Waals surface area contributed by atoms with Gasteiger partial charge in [0.1, 0.15) is 5.76 Å². The molecule has 2 heterocycles. The minimum atomic E-state index is -0.386. The fourth-order valence-electron chi connectivity index (χ4n) is 4.14. The molecule has 1 aliphatic carbocycles. The summed E-state index contributed by atoms with van der Waals surface area (Å²) in [5.74, 6) is -0.297. The molecule has 1 saturated carbocycles. The van der Waals surface area contributed by atoms with Gasteiger partial charge in [0.05, 0.1) is 23.9 Å². The Hall–Kier alpha value is -2.89. The lowest BCUT2D eigenvalue weighted by Gasteiger charge is -2.27. The number of fused-ring (bicyclic) bond motifs is 1. The zero-order valence-electron chi connectivity index (χ0n) is 16.0. The summed E-state index contributed by atoms with van der Waals surface area (Å²) in [7, 11) is 1.84. The predicted molar refractivity (Wildman–Crippen MR) is 103 cm³/mol. The van der Waals surface area contributed by atoms with Crippen molar-refractivity contribution in [3.63, 3.8) is 0 Å². The van der Waals surface area contributed by atoms with Crippen molar-refractivity contribution < 1.29 is 18.8 Å². The second kappa shape index (κ2) is 7.62. The second-order valence-electron chi connectivity index (χ2n) is 7.60. The largest absolute Gasteiger partial charge is 0.467 e. The van der Waals surface area contributed by atoms with E-state index in [1.54, 1.807) is 35.2 Å². The maximum Gasteiger partial charge on any atom is 0.261 e. The fraction of sp³-hybridized carbons (Fsp3) is 0.409. The van der Waals surface area contributed by atoms with Crippen LogP contribution in [-0.2, 0) is 6.54 Å². The minimum Gasteiger partial charge on any atom is -0.467 e. The normalized spacial score (nSPS) is 17.5. The van der Waals surface area contributed by atoms with E-state index in [4.69, 9.17) is 4.42 Å². The van der Waals surface area contributed by atoms with Crippen LogP contribution in [-0.4, -0.2) is 40.6 Å². The lowest BCUT2D eigenvalue weighted by molar-refractivity contribution is 0.0631. The SMILES string of the molecule is CN(C(=O)c1ccc2c(c1)C(=O)N(Cc1ccco1)C2=O)C1CCCCCC1. The maximum absolute atomic E-state index is 13.0. The maximum atomic E-state index is 13.0. The summed E-state index contributed by atoms with van der Waals surface area (Å²) in [6.45, 7) is 0.0879. The number of hydrogen-bond acceptors (Lipinski definition) is 4. The minimum absolute atomic E-state index is 0.0879. The zero-order chi connectivity index (χ0) is 19.7. The van der Waals surface area contributed by atoms with Gasteiger partial charge in [-0.25, -0.2) is 0 Å². The summed E-state index contributed by atoms with van der Waals surface area (Å²) in [4.78, 5) is 41.3. The highest BCUT2D eigenvalue weighted by Crippen LogP contribution is 2.27. The molecule has 146 valence electrons. The molecule has 0 atom stereocenters. The highest BCUT2D eigenvalue weighted by Gasteiger charge is 2.37. The topological polar surface area (TPSA) is 70.8 Å². The molecule has 0 unspecified atom stereocenters. The van der Waals surface area contributed by atoms with Gasteiger partial charge in [-0.1, -0.05) is 25.7 Å². The molecule has 6 heteroatoms. The summed E-state index contributed by atoms with van der Waals surface area (Å²) in [5.41, 5.74) is 1.08. The Balaban J connectivity index is 1.54. The zero-order valence-corrected chi connectivity index (χ0v) is 16.0. The number of carbonyl (C=O) groups excluding carboxylic acids is 3. The molecule has 3 amide bonds. The van der Waals surface area contributed by atoms with Crippen LogP contribution in [0.3, 0.4) is 0 Å². The number of benzene rings is 1. The summed E-state index contributed by atoms with van der Waals surface area (Å²) in [5, 5.41) is 0. The third-order valence-electron chi connectivity index (χ3n) is 5.80. The van der Waals surface area contributed by atoms with E-state index in [0.717, 1.165) is 30.6 Å². The summed E-state index contributed by atoms with van der Waals surface area (Å²) in [6, 6.07) is 8.47. The van der Waals surface area contributed by atoms with Crippen LogP contribution in [0.4, 0.5) is 0 Å². The first kappa shape index (κ1) is 18.5. The van der Waals surface area contributed by atoms with Gasteiger partial charge in [-0.2, -0.15) is 0 Å². The lowest BCUT2D eigenvalue weighted by Crippen LogP contribution is -2.36. The van der Waals surface area contributed by atoms with Crippen molar-refractivity contribution in [1.82, 2.24) is 9.80 Å². The monoisotopic (exact) mass is 380 g/mol. The van der Waals surface area contributed by atoms with Gasteiger partial charge in [0.15, 0.2) is 0 Å². The number of rotatable bonds is 4. The average molecular weight is 380 g/mol. The van der Waals surface area contributed by atoms with Gasteiger partial charge in [0.2, 0.25) is 0 Å². The van der Waals surface area contributed by atoms with E-state index in [0.29, 0.717) is 16.9 Å². The third kappa shape index (κ3) is 3.35. The Morgan fingerprint density at radius 3 is 2.46 bits per heavy atom. The Morgan fingerprint density at radius 1 is 1.07 bits per heavy atom. The van der Waals surface area contributed by atoms with Crippen molar-refractivity contribution in [2.75, 3.05) is 7.05 Å². The fourth-order valence-corrected chi connectivity index (χ4v) is 4.14. The molecule has 28 heavy (non-hydrogen) atoms. The molecule has 2 aliphatic rings. The van der Waals surface area contributed by atoms with Crippen LogP contribution in [0.5, 0.6) is 0 Å². The number of furan rings is 1. The van der Waals surface area contributed by atoms with Gasteiger partial charge in [0.25, 0.3) is 17.7 Å². The Kier molecular flexibility index (Phi) is 5.03. The molecule has 0 saturated heterocycles. The average Bonchev–Trinajstić information content (AvgIpc) is 3.19. The number of amides is 3. The molecule has 1 fully saturated rings. The van der Waals surface area contributed by atoms with E-state index in [-0.39, 0.29) is 35.9 Å². The van der Waals surface area contributed by atoms with Gasteiger partial charge < -0.3 is 9.32 Å². The van der Waals surface area contributed by atoms with Gasteiger partial charge in [-0.15, -0.1) is 0 Å². The molecular weight excluding hydrogens is 356 g/mol. The number of nitrogens with zero attached hydrogens (tertiary/aromatic N) is 2. The highest BCUT2D eigenvalue weighted by molar-refractivity contribution is 6.22. The molecule has 0 N–H and O–H groups in total. The molecule has 6 nitrogen and oxygen atoms in total. The third-order valence-corrected chi connectivity index (χ3v) is 5.80.